The van der Waals surface area contributed by atoms with E-state index >= 15 is 0 Å². The molecule has 1 saturated heterocycles. The number of likely N-dealkylation sites (tertiary alicyclic amines) is 1. The molecule has 3 nitrogen and oxygen atoms in total. The summed E-state index contributed by atoms with van der Waals surface area (Å²) >= 11 is 5.97. The van der Waals surface area contributed by atoms with Gasteiger partial charge >= 0.3 is 6.18 Å². The first-order valence-electron chi connectivity index (χ1n) is 11.3. The highest BCUT2D eigenvalue weighted by Gasteiger charge is 2.38. The van der Waals surface area contributed by atoms with E-state index in [1.165, 1.54) is 23.8 Å². The summed E-state index contributed by atoms with van der Waals surface area (Å²) in [6, 6.07) is 13.1. The number of amides is 1. The molecule has 2 aliphatic rings. The predicted molar refractivity (Wildman–Crippen MR) is 120 cm³/mol. The van der Waals surface area contributed by atoms with Gasteiger partial charge in [0, 0.05) is 17.1 Å². The van der Waals surface area contributed by atoms with Crippen molar-refractivity contribution in [2.75, 3.05) is 13.1 Å². The Balaban J connectivity index is 1.34. The molecule has 2 atom stereocenters. The van der Waals surface area contributed by atoms with E-state index in [-0.39, 0.29) is 17.6 Å². The van der Waals surface area contributed by atoms with E-state index in [2.05, 4.69) is 22.3 Å². The molecular weight excluding hydrogens is 437 g/mol. The Morgan fingerprint density at radius 1 is 1.00 bits per heavy atom. The maximum atomic E-state index is 13.3. The minimum Gasteiger partial charge on any atom is -0.348 e. The lowest BCUT2D eigenvalue weighted by molar-refractivity contribution is -0.137. The van der Waals surface area contributed by atoms with E-state index in [0.717, 1.165) is 62.7 Å². The molecule has 4 rings (SSSR count). The summed E-state index contributed by atoms with van der Waals surface area (Å²) in [5.74, 6) is -0.0204. The van der Waals surface area contributed by atoms with E-state index in [1.54, 1.807) is 0 Å². The van der Waals surface area contributed by atoms with E-state index in [9.17, 15) is 18.0 Å². The van der Waals surface area contributed by atoms with Gasteiger partial charge in [-0.2, -0.15) is 13.2 Å². The summed E-state index contributed by atoms with van der Waals surface area (Å²) in [6.45, 7) is 1.91. The van der Waals surface area contributed by atoms with Crippen molar-refractivity contribution in [1.29, 1.82) is 0 Å². The van der Waals surface area contributed by atoms with Crippen molar-refractivity contribution in [2.24, 2.45) is 5.92 Å². The lowest BCUT2D eigenvalue weighted by atomic mass is 9.89. The first kappa shape index (κ1) is 23.1. The summed E-state index contributed by atoms with van der Waals surface area (Å²) in [5.41, 5.74) is 0.115. The van der Waals surface area contributed by atoms with Gasteiger partial charge in [-0.25, -0.2) is 0 Å². The van der Waals surface area contributed by atoms with Crippen molar-refractivity contribution in [3.8, 4) is 0 Å². The van der Waals surface area contributed by atoms with Crippen LogP contribution in [0, 0.1) is 5.92 Å². The molecule has 1 heterocycles. The fraction of sp³-hybridized carbons (Fsp3) is 0.480. The fourth-order valence-electron chi connectivity index (χ4n) is 5.16. The Bertz CT molecular complexity index is 924. The van der Waals surface area contributed by atoms with Crippen LogP contribution in [0.25, 0.3) is 0 Å². The van der Waals surface area contributed by atoms with Crippen molar-refractivity contribution in [3.63, 3.8) is 0 Å². The van der Waals surface area contributed by atoms with Gasteiger partial charge in [-0.15, -0.1) is 0 Å². The molecule has 1 amide bonds. The molecule has 1 N–H and O–H groups in total. The Kier molecular flexibility index (Phi) is 7.11. The van der Waals surface area contributed by atoms with Crippen molar-refractivity contribution in [2.45, 2.75) is 56.8 Å². The number of halogens is 4. The molecule has 0 aromatic heterocycles. The first-order chi connectivity index (χ1) is 15.3. The van der Waals surface area contributed by atoms with Gasteiger partial charge in [-0.05, 0) is 87.4 Å². The highest BCUT2D eigenvalue weighted by atomic mass is 35.5. The number of carbonyl (C=O) groups is 1. The Morgan fingerprint density at radius 2 is 1.69 bits per heavy atom. The molecule has 2 aromatic rings. The summed E-state index contributed by atoms with van der Waals surface area (Å²) in [5, 5.41) is 3.66. The number of alkyl halides is 3. The Morgan fingerprint density at radius 3 is 2.38 bits per heavy atom. The van der Waals surface area contributed by atoms with Gasteiger partial charge in [0.15, 0.2) is 0 Å². The Hall–Kier alpha value is -2.05. The van der Waals surface area contributed by atoms with Crippen molar-refractivity contribution >= 4 is 17.5 Å². The van der Waals surface area contributed by atoms with Crippen LogP contribution in [0.5, 0.6) is 0 Å². The second kappa shape index (κ2) is 9.84. The third-order valence-corrected chi connectivity index (χ3v) is 7.08. The van der Waals surface area contributed by atoms with Crippen LogP contribution in [0.2, 0.25) is 5.02 Å². The summed E-state index contributed by atoms with van der Waals surface area (Å²) in [7, 11) is 0. The van der Waals surface area contributed by atoms with Crippen LogP contribution in [-0.2, 0) is 12.6 Å². The number of hydrogen-bond donors (Lipinski definition) is 1. The van der Waals surface area contributed by atoms with Crippen LogP contribution >= 0.6 is 11.6 Å². The van der Waals surface area contributed by atoms with Crippen LogP contribution in [0.15, 0.2) is 48.5 Å². The molecule has 0 radical (unpaired) electrons. The highest BCUT2D eigenvalue weighted by Crippen LogP contribution is 2.33. The lowest BCUT2D eigenvalue weighted by Gasteiger charge is -2.38. The Labute approximate surface area is 191 Å². The monoisotopic (exact) mass is 464 g/mol. The van der Waals surface area contributed by atoms with Crippen molar-refractivity contribution < 1.29 is 18.0 Å². The van der Waals surface area contributed by atoms with E-state index in [4.69, 9.17) is 11.6 Å². The maximum absolute atomic E-state index is 13.3. The quantitative estimate of drug-likeness (QED) is 0.591. The predicted octanol–water partition coefficient (Wildman–Crippen LogP) is 5.96. The third-order valence-electron chi connectivity index (χ3n) is 6.83. The number of piperidine rings is 1. The number of benzene rings is 2. The van der Waals surface area contributed by atoms with E-state index in [1.807, 2.05) is 12.1 Å². The number of hydrogen-bond acceptors (Lipinski definition) is 2. The average Bonchev–Trinajstić information content (AvgIpc) is 3.23. The SMILES string of the molecule is O=C(N[C@@H]1CCC[C@H]1N1CCC(Cc2ccc(Cl)cc2)CC1)c1ccccc1C(F)(F)F. The van der Waals surface area contributed by atoms with Crippen LogP contribution in [0.1, 0.15) is 53.6 Å². The third kappa shape index (κ3) is 5.46. The van der Waals surface area contributed by atoms with Gasteiger partial charge in [0.05, 0.1) is 11.1 Å². The molecular formula is C25H28ClF3N2O. The van der Waals surface area contributed by atoms with Gasteiger partial charge in [-0.3, -0.25) is 9.69 Å². The second-order valence-corrected chi connectivity index (χ2v) is 9.37. The molecule has 32 heavy (non-hydrogen) atoms. The molecule has 1 saturated carbocycles. The van der Waals surface area contributed by atoms with Gasteiger partial charge < -0.3 is 5.32 Å². The molecule has 2 aromatic carbocycles. The van der Waals surface area contributed by atoms with Crippen LogP contribution < -0.4 is 5.32 Å². The molecule has 0 spiro atoms. The fourth-order valence-corrected chi connectivity index (χ4v) is 5.29. The minimum atomic E-state index is -4.55. The molecule has 1 aliphatic heterocycles. The van der Waals surface area contributed by atoms with Crippen molar-refractivity contribution in [1.82, 2.24) is 10.2 Å². The zero-order valence-corrected chi connectivity index (χ0v) is 18.6. The number of nitrogens with zero attached hydrogens (tertiary/aromatic N) is 1. The van der Waals surface area contributed by atoms with Gasteiger partial charge in [0.25, 0.3) is 5.91 Å². The standard InChI is InChI=1S/C25H28ClF3N2O/c26-19-10-8-17(9-11-19)16-18-12-14-31(15-13-18)23-7-3-6-22(23)30-24(32)20-4-1-2-5-21(20)25(27,28)29/h1-2,4-5,8-11,18,22-23H,3,6-7,12-16H2,(H,30,32)/t22-,23-/m1/s1. The van der Waals surface area contributed by atoms with Crippen LogP contribution in [0.3, 0.4) is 0 Å². The summed E-state index contributed by atoms with van der Waals surface area (Å²) in [6.07, 6.45) is 1.39. The van der Waals surface area contributed by atoms with Gasteiger partial charge in [0.1, 0.15) is 0 Å². The van der Waals surface area contributed by atoms with Gasteiger partial charge in [0.2, 0.25) is 0 Å². The largest absolute Gasteiger partial charge is 0.417 e. The smallest absolute Gasteiger partial charge is 0.348 e. The normalized spacial score (nSPS) is 22.8. The average molecular weight is 465 g/mol. The second-order valence-electron chi connectivity index (χ2n) is 8.93. The lowest BCUT2D eigenvalue weighted by Crippen LogP contribution is -2.51. The van der Waals surface area contributed by atoms with Gasteiger partial charge in [-0.1, -0.05) is 35.9 Å². The number of nitrogens with one attached hydrogen (secondary N) is 1. The van der Waals surface area contributed by atoms with Crippen LogP contribution in [0.4, 0.5) is 13.2 Å². The molecule has 0 unspecified atom stereocenters. The molecule has 1 aliphatic carbocycles. The number of carbonyl (C=O) groups excluding carboxylic acids is 1. The number of rotatable bonds is 5. The molecule has 2 fully saturated rings. The zero-order chi connectivity index (χ0) is 22.7. The summed E-state index contributed by atoms with van der Waals surface area (Å²) in [4.78, 5) is 15.2. The minimum absolute atomic E-state index is 0.114. The van der Waals surface area contributed by atoms with E-state index in [0.29, 0.717) is 5.92 Å². The maximum Gasteiger partial charge on any atom is 0.417 e. The highest BCUT2D eigenvalue weighted by molar-refractivity contribution is 6.30. The zero-order valence-electron chi connectivity index (χ0n) is 17.9. The first-order valence-corrected chi connectivity index (χ1v) is 11.6. The molecule has 172 valence electrons. The molecule has 0 bridgehead atoms. The molecule has 7 heteroatoms. The summed E-state index contributed by atoms with van der Waals surface area (Å²) < 4.78 is 39.9. The topological polar surface area (TPSA) is 32.3 Å². The van der Waals surface area contributed by atoms with Crippen LogP contribution in [-0.4, -0.2) is 36.0 Å². The van der Waals surface area contributed by atoms with Crippen molar-refractivity contribution in [3.05, 3.63) is 70.2 Å². The van der Waals surface area contributed by atoms with E-state index < -0.39 is 17.6 Å².